The number of nitrogens with zero attached hydrogens (tertiary/aromatic N) is 2. The number of nitrogens with one attached hydrogen (secondary N) is 1. The number of likely N-dealkylation sites (N-methyl/N-ethyl adjacent to an activating group) is 1. The maximum absolute atomic E-state index is 9.20. The molecule has 1 aliphatic carbocycles. The highest BCUT2D eigenvalue weighted by atomic mass is 15.3. The van der Waals surface area contributed by atoms with Crippen molar-refractivity contribution in [2.75, 3.05) is 20.1 Å². The molecule has 2 rings (SSSR count). The average molecular weight is 179 g/mol. The minimum Gasteiger partial charge on any atom is -0.315 e. The zero-order chi connectivity index (χ0) is 9.31. The molecule has 0 atom stereocenters. The highest BCUT2D eigenvalue weighted by molar-refractivity contribution is 5.14. The zero-order valence-electron chi connectivity index (χ0n) is 8.21. The first-order chi connectivity index (χ1) is 6.30. The molecule has 0 aromatic heterocycles. The summed E-state index contributed by atoms with van der Waals surface area (Å²) in [6, 6.07) is 3.14. The van der Waals surface area contributed by atoms with Gasteiger partial charge in [0.1, 0.15) is 5.54 Å². The lowest BCUT2D eigenvalue weighted by molar-refractivity contribution is 0.0421. The second-order valence-corrected chi connectivity index (χ2v) is 4.24. The fraction of sp³-hybridized carbons (Fsp3) is 0.900. The molecule has 1 heterocycles. The molecule has 1 saturated carbocycles. The molecule has 0 spiro atoms. The third-order valence-electron chi connectivity index (χ3n) is 3.53. The van der Waals surface area contributed by atoms with Crippen LogP contribution in [-0.4, -0.2) is 36.6 Å². The molecule has 2 fully saturated rings. The number of nitriles is 1. The van der Waals surface area contributed by atoms with Crippen molar-refractivity contribution in [3.8, 4) is 6.07 Å². The van der Waals surface area contributed by atoms with Gasteiger partial charge in [-0.3, -0.25) is 4.90 Å². The van der Waals surface area contributed by atoms with Crippen molar-refractivity contribution in [1.82, 2.24) is 10.2 Å². The van der Waals surface area contributed by atoms with E-state index in [1.807, 2.05) is 7.05 Å². The van der Waals surface area contributed by atoms with Crippen LogP contribution in [0.2, 0.25) is 0 Å². The van der Waals surface area contributed by atoms with Gasteiger partial charge < -0.3 is 5.32 Å². The standard InChI is InChI=1S/C10H17N3/c1-12-9-6-13(7-9)10(8-11)4-2-3-5-10/h9,12H,2-7H2,1H3. The number of hydrogen-bond donors (Lipinski definition) is 1. The van der Waals surface area contributed by atoms with Crippen molar-refractivity contribution in [3.05, 3.63) is 0 Å². The van der Waals surface area contributed by atoms with Crippen LogP contribution >= 0.6 is 0 Å². The van der Waals surface area contributed by atoms with E-state index >= 15 is 0 Å². The van der Waals surface area contributed by atoms with E-state index in [1.165, 1.54) is 12.8 Å². The summed E-state index contributed by atoms with van der Waals surface area (Å²) in [6.07, 6.45) is 4.63. The van der Waals surface area contributed by atoms with Crippen molar-refractivity contribution in [2.24, 2.45) is 0 Å². The molecule has 1 N–H and O–H groups in total. The van der Waals surface area contributed by atoms with Crippen LogP contribution in [0.5, 0.6) is 0 Å². The van der Waals surface area contributed by atoms with Crippen molar-refractivity contribution in [2.45, 2.75) is 37.3 Å². The highest BCUT2D eigenvalue weighted by Crippen LogP contribution is 2.37. The van der Waals surface area contributed by atoms with Crippen LogP contribution in [-0.2, 0) is 0 Å². The van der Waals surface area contributed by atoms with Crippen LogP contribution in [0.15, 0.2) is 0 Å². The third kappa shape index (κ3) is 1.34. The average Bonchev–Trinajstić information content (AvgIpc) is 2.52. The topological polar surface area (TPSA) is 39.1 Å². The van der Waals surface area contributed by atoms with Gasteiger partial charge in [-0.05, 0) is 19.9 Å². The predicted octanol–water partition coefficient (Wildman–Crippen LogP) is 0.726. The van der Waals surface area contributed by atoms with Gasteiger partial charge in [0.25, 0.3) is 0 Å². The van der Waals surface area contributed by atoms with Gasteiger partial charge >= 0.3 is 0 Å². The first-order valence-electron chi connectivity index (χ1n) is 5.14. The molecule has 72 valence electrons. The molecule has 0 amide bonds. The second-order valence-electron chi connectivity index (χ2n) is 4.24. The number of likely N-dealkylation sites (tertiary alicyclic amines) is 1. The lowest BCUT2D eigenvalue weighted by atomic mass is 9.91. The molecule has 0 aromatic carbocycles. The normalized spacial score (nSPS) is 28.3. The smallest absolute Gasteiger partial charge is 0.109 e. The van der Waals surface area contributed by atoms with Gasteiger partial charge in [-0.2, -0.15) is 5.26 Å². The Morgan fingerprint density at radius 1 is 1.38 bits per heavy atom. The summed E-state index contributed by atoms with van der Waals surface area (Å²) in [5.74, 6) is 0. The van der Waals surface area contributed by atoms with Crippen LogP contribution in [0.1, 0.15) is 25.7 Å². The second kappa shape index (κ2) is 3.28. The summed E-state index contributed by atoms with van der Waals surface area (Å²) in [4.78, 5) is 2.35. The van der Waals surface area contributed by atoms with Gasteiger partial charge in [-0.15, -0.1) is 0 Å². The fourth-order valence-electron chi connectivity index (χ4n) is 2.47. The number of hydrogen-bond acceptors (Lipinski definition) is 3. The molecule has 13 heavy (non-hydrogen) atoms. The van der Waals surface area contributed by atoms with Gasteiger partial charge in [-0.1, -0.05) is 12.8 Å². The Bertz CT molecular complexity index is 219. The molecule has 0 radical (unpaired) electrons. The van der Waals surface area contributed by atoms with Crippen LogP contribution in [0.4, 0.5) is 0 Å². The number of rotatable bonds is 2. The summed E-state index contributed by atoms with van der Waals surface area (Å²) in [5, 5.41) is 12.4. The summed E-state index contributed by atoms with van der Waals surface area (Å²) < 4.78 is 0. The first-order valence-corrected chi connectivity index (χ1v) is 5.14. The lowest BCUT2D eigenvalue weighted by Crippen LogP contribution is -2.64. The van der Waals surface area contributed by atoms with E-state index in [2.05, 4.69) is 16.3 Å². The zero-order valence-corrected chi connectivity index (χ0v) is 8.21. The molecule has 3 heteroatoms. The summed E-state index contributed by atoms with van der Waals surface area (Å²) in [5.41, 5.74) is -0.0899. The van der Waals surface area contributed by atoms with E-state index in [0.29, 0.717) is 6.04 Å². The van der Waals surface area contributed by atoms with Crippen molar-refractivity contribution >= 4 is 0 Å². The lowest BCUT2D eigenvalue weighted by Gasteiger charge is -2.47. The van der Waals surface area contributed by atoms with Gasteiger partial charge in [0, 0.05) is 19.1 Å². The SMILES string of the molecule is CNC1CN(C2(C#N)CCCC2)C1. The minimum absolute atomic E-state index is 0.0899. The Hall–Kier alpha value is -0.590. The van der Waals surface area contributed by atoms with Crippen molar-refractivity contribution in [3.63, 3.8) is 0 Å². The molecule has 3 nitrogen and oxygen atoms in total. The molecule has 0 bridgehead atoms. The van der Waals surface area contributed by atoms with Crippen molar-refractivity contribution < 1.29 is 0 Å². The van der Waals surface area contributed by atoms with Gasteiger partial charge in [-0.25, -0.2) is 0 Å². The summed E-state index contributed by atoms with van der Waals surface area (Å²) in [7, 11) is 2.00. The quantitative estimate of drug-likeness (QED) is 0.679. The predicted molar refractivity (Wildman–Crippen MR) is 51.2 cm³/mol. The first kappa shape index (κ1) is 8.98. The van der Waals surface area contributed by atoms with Gasteiger partial charge in [0.05, 0.1) is 6.07 Å². The molecule has 0 aromatic rings. The van der Waals surface area contributed by atoms with Crippen LogP contribution in [0, 0.1) is 11.3 Å². The Morgan fingerprint density at radius 2 is 2.00 bits per heavy atom. The monoisotopic (exact) mass is 179 g/mol. The van der Waals surface area contributed by atoms with E-state index in [1.54, 1.807) is 0 Å². The Labute approximate surface area is 79.7 Å². The van der Waals surface area contributed by atoms with Crippen LogP contribution < -0.4 is 5.32 Å². The van der Waals surface area contributed by atoms with Gasteiger partial charge in [0.2, 0.25) is 0 Å². The van der Waals surface area contributed by atoms with Crippen molar-refractivity contribution in [1.29, 1.82) is 5.26 Å². The maximum atomic E-state index is 9.20. The Kier molecular flexibility index (Phi) is 2.27. The van der Waals surface area contributed by atoms with E-state index in [0.717, 1.165) is 25.9 Å². The van der Waals surface area contributed by atoms with E-state index in [4.69, 9.17) is 0 Å². The summed E-state index contributed by atoms with van der Waals surface area (Å²) in [6.45, 7) is 2.12. The molecule has 2 aliphatic rings. The largest absolute Gasteiger partial charge is 0.315 e. The van der Waals surface area contributed by atoms with E-state index < -0.39 is 0 Å². The van der Waals surface area contributed by atoms with Gasteiger partial charge in [0.15, 0.2) is 0 Å². The van der Waals surface area contributed by atoms with E-state index in [9.17, 15) is 5.26 Å². The van der Waals surface area contributed by atoms with Crippen LogP contribution in [0.3, 0.4) is 0 Å². The van der Waals surface area contributed by atoms with E-state index in [-0.39, 0.29) is 5.54 Å². The molecule has 1 aliphatic heterocycles. The van der Waals surface area contributed by atoms with Crippen LogP contribution in [0.25, 0.3) is 0 Å². The minimum atomic E-state index is -0.0899. The molecule has 0 unspecified atom stereocenters. The molecule has 1 saturated heterocycles. The third-order valence-corrected chi connectivity index (χ3v) is 3.53. The highest BCUT2D eigenvalue weighted by Gasteiger charge is 2.45. The maximum Gasteiger partial charge on any atom is 0.109 e. The Morgan fingerprint density at radius 3 is 2.46 bits per heavy atom. The molecular formula is C10H17N3. The fourth-order valence-corrected chi connectivity index (χ4v) is 2.47. The Balaban J connectivity index is 1.96. The summed E-state index contributed by atoms with van der Waals surface area (Å²) >= 11 is 0. The molecular weight excluding hydrogens is 162 g/mol.